The van der Waals surface area contributed by atoms with Gasteiger partial charge in [0, 0.05) is 6.54 Å². The third kappa shape index (κ3) is 7.04. The molecule has 8 nitrogen and oxygen atoms in total. The second-order valence-electron chi connectivity index (χ2n) is 7.52. The van der Waals surface area contributed by atoms with E-state index in [-0.39, 0.29) is 12.7 Å². The monoisotopic (exact) mass is 459 g/mol. The van der Waals surface area contributed by atoms with Crippen molar-refractivity contribution in [2.75, 3.05) is 6.54 Å². The standard InChI is InChI=1S/C23H27N2O6P/c1-17(22(26)30-20-11-7-12-20)25(32-28)31-21-13-6-5-10-19(21)14-15-24-23(27)29-16-18-8-3-2-4-9-18/h2-6,8-10,13,17,20H,7,11-12,14-16H2,1H3,(H,24,27)/p+1/t17-/m0/s1. The van der Waals surface area contributed by atoms with Crippen LogP contribution in [-0.4, -0.2) is 35.6 Å². The van der Waals surface area contributed by atoms with Crippen LogP contribution in [0.3, 0.4) is 0 Å². The summed E-state index contributed by atoms with van der Waals surface area (Å²) in [5.41, 5.74) is 1.70. The van der Waals surface area contributed by atoms with Gasteiger partial charge in [0.05, 0.1) is 4.83 Å². The first kappa shape index (κ1) is 23.7. The molecule has 32 heavy (non-hydrogen) atoms. The Hall–Kier alpha value is -2.96. The number of hydrogen-bond donors (Lipinski definition) is 1. The zero-order valence-corrected chi connectivity index (χ0v) is 19.0. The van der Waals surface area contributed by atoms with Crippen LogP contribution in [0.5, 0.6) is 5.75 Å². The molecule has 170 valence electrons. The zero-order chi connectivity index (χ0) is 22.8. The number of alkyl carbamates (subject to hydrolysis) is 1. The summed E-state index contributed by atoms with van der Waals surface area (Å²) in [5, 5.41) is 2.71. The van der Waals surface area contributed by atoms with Crippen LogP contribution in [0.25, 0.3) is 0 Å². The number of benzene rings is 2. The minimum atomic E-state index is -0.986. The van der Waals surface area contributed by atoms with Crippen LogP contribution in [-0.2, 0) is 31.9 Å². The normalized spacial score (nSPS) is 14.4. The molecule has 0 spiro atoms. The van der Waals surface area contributed by atoms with Gasteiger partial charge in [-0.1, -0.05) is 48.5 Å². The summed E-state index contributed by atoms with van der Waals surface area (Å²) >= 11 is 0. The highest BCUT2D eigenvalue weighted by Crippen LogP contribution is 2.26. The molecule has 0 saturated heterocycles. The molecule has 0 aromatic heterocycles. The summed E-state index contributed by atoms with van der Waals surface area (Å²) in [4.78, 5) is 31.1. The van der Waals surface area contributed by atoms with Crippen LogP contribution in [0.2, 0.25) is 0 Å². The lowest BCUT2D eigenvalue weighted by Crippen LogP contribution is -2.39. The lowest BCUT2D eigenvalue weighted by atomic mass is 9.96. The first-order valence-electron chi connectivity index (χ1n) is 10.6. The second kappa shape index (κ2) is 12.2. The van der Waals surface area contributed by atoms with Crippen molar-refractivity contribution in [3.63, 3.8) is 0 Å². The van der Waals surface area contributed by atoms with E-state index in [1.165, 1.54) is 0 Å². The van der Waals surface area contributed by atoms with E-state index < -0.39 is 26.7 Å². The summed E-state index contributed by atoms with van der Waals surface area (Å²) in [6.07, 6.45) is 2.68. The summed E-state index contributed by atoms with van der Waals surface area (Å²) < 4.78 is 22.3. The predicted octanol–water partition coefficient (Wildman–Crippen LogP) is 4.17. The Labute approximate surface area is 189 Å². The number of rotatable bonds is 11. The van der Waals surface area contributed by atoms with Crippen LogP contribution in [0.4, 0.5) is 4.79 Å². The number of nitrogens with one attached hydrogen (secondary N) is 1. The number of hydroxylamine groups is 1. The molecule has 2 atom stereocenters. The lowest BCUT2D eigenvalue weighted by Gasteiger charge is -2.27. The predicted molar refractivity (Wildman–Crippen MR) is 119 cm³/mol. The van der Waals surface area contributed by atoms with Gasteiger partial charge in [0.1, 0.15) is 12.7 Å². The third-order valence-corrected chi connectivity index (χ3v) is 5.82. The molecular weight excluding hydrogens is 431 g/mol. The molecule has 1 amide bonds. The summed E-state index contributed by atoms with van der Waals surface area (Å²) in [6, 6.07) is 15.8. The van der Waals surface area contributed by atoms with Crippen LogP contribution in [0.1, 0.15) is 37.3 Å². The van der Waals surface area contributed by atoms with Crippen molar-refractivity contribution in [3.05, 3.63) is 65.7 Å². The molecule has 1 N–H and O–H groups in total. The van der Waals surface area contributed by atoms with Gasteiger partial charge in [-0.3, -0.25) is 4.79 Å². The van der Waals surface area contributed by atoms with Crippen molar-refractivity contribution in [2.45, 2.75) is 51.4 Å². The molecule has 0 heterocycles. The number of para-hydroxylation sites is 1. The molecule has 0 bridgehead atoms. The number of ether oxygens (including phenoxy) is 2. The van der Waals surface area contributed by atoms with Crippen molar-refractivity contribution < 1.29 is 28.5 Å². The Balaban J connectivity index is 1.49. The zero-order valence-electron chi connectivity index (χ0n) is 18.0. The molecule has 1 saturated carbocycles. The van der Waals surface area contributed by atoms with Crippen molar-refractivity contribution in [3.8, 4) is 5.75 Å². The molecule has 2 aromatic rings. The molecule has 3 rings (SSSR count). The number of esters is 1. The number of carbonyl (C=O) groups is 2. The van der Waals surface area contributed by atoms with Gasteiger partial charge in [-0.15, -0.1) is 0 Å². The van der Waals surface area contributed by atoms with Crippen LogP contribution >= 0.6 is 8.61 Å². The summed E-state index contributed by atoms with van der Waals surface area (Å²) in [5.74, 6) is -0.00282. The van der Waals surface area contributed by atoms with E-state index in [0.717, 1.165) is 35.2 Å². The van der Waals surface area contributed by atoms with Crippen molar-refractivity contribution in [1.82, 2.24) is 10.2 Å². The van der Waals surface area contributed by atoms with Gasteiger partial charge in [0.2, 0.25) is 0 Å². The van der Waals surface area contributed by atoms with Gasteiger partial charge < -0.3 is 19.6 Å². The van der Waals surface area contributed by atoms with Crippen molar-refractivity contribution in [2.24, 2.45) is 0 Å². The van der Waals surface area contributed by atoms with Gasteiger partial charge in [0.25, 0.3) is 0 Å². The molecule has 1 aliphatic carbocycles. The summed E-state index contributed by atoms with van der Waals surface area (Å²) in [6.45, 7) is 2.12. The first-order chi connectivity index (χ1) is 15.6. The molecule has 0 radical (unpaired) electrons. The highest BCUT2D eigenvalue weighted by molar-refractivity contribution is 7.20. The van der Waals surface area contributed by atoms with Gasteiger partial charge in [0.15, 0.2) is 11.8 Å². The Kier molecular flexibility index (Phi) is 9.01. The van der Waals surface area contributed by atoms with E-state index in [2.05, 4.69) is 5.32 Å². The lowest BCUT2D eigenvalue weighted by molar-refractivity contribution is -0.163. The maximum Gasteiger partial charge on any atom is 0.457 e. The van der Waals surface area contributed by atoms with E-state index in [1.54, 1.807) is 19.1 Å². The average molecular weight is 459 g/mol. The topological polar surface area (TPSA) is 94.2 Å². The molecule has 2 aromatic carbocycles. The van der Waals surface area contributed by atoms with Gasteiger partial charge in [-0.05, 0) is 54.4 Å². The van der Waals surface area contributed by atoms with Crippen LogP contribution in [0, 0.1) is 0 Å². The number of carbonyl (C=O) groups excluding carboxylic acids is 2. The summed E-state index contributed by atoms with van der Waals surface area (Å²) in [7, 11) is -0.986. The fraction of sp³-hybridized carbons (Fsp3) is 0.391. The molecule has 1 unspecified atom stereocenters. The maximum absolute atomic E-state index is 12.3. The van der Waals surface area contributed by atoms with Crippen LogP contribution < -0.4 is 10.2 Å². The van der Waals surface area contributed by atoms with E-state index >= 15 is 0 Å². The van der Waals surface area contributed by atoms with Gasteiger partial charge in [-0.25, -0.2) is 4.79 Å². The van der Waals surface area contributed by atoms with Crippen molar-refractivity contribution >= 4 is 20.7 Å². The highest BCUT2D eigenvalue weighted by atomic mass is 31.1. The van der Waals surface area contributed by atoms with E-state index in [1.807, 2.05) is 42.5 Å². The highest BCUT2D eigenvalue weighted by Gasteiger charge is 2.34. The Morgan fingerprint density at radius 2 is 1.84 bits per heavy atom. The Morgan fingerprint density at radius 3 is 2.53 bits per heavy atom. The van der Waals surface area contributed by atoms with Gasteiger partial charge in [-0.2, -0.15) is 0 Å². The molecule has 1 aliphatic rings. The van der Waals surface area contributed by atoms with Crippen molar-refractivity contribution in [1.29, 1.82) is 0 Å². The maximum atomic E-state index is 12.3. The van der Waals surface area contributed by atoms with E-state index in [4.69, 9.17) is 14.3 Å². The minimum Gasteiger partial charge on any atom is -0.461 e. The van der Waals surface area contributed by atoms with E-state index in [0.29, 0.717) is 18.7 Å². The SMILES string of the molecule is C[C@@H](C(=O)OC1CCC1)N(Oc1ccccc1CCNC(=O)OCc1ccccc1)[PH+]=O. The minimum absolute atomic E-state index is 0.0539. The average Bonchev–Trinajstić information content (AvgIpc) is 2.79. The van der Waals surface area contributed by atoms with Crippen LogP contribution in [0.15, 0.2) is 54.6 Å². The Bertz CT molecular complexity index is 906. The largest absolute Gasteiger partial charge is 0.461 e. The number of amides is 1. The van der Waals surface area contributed by atoms with Gasteiger partial charge >= 0.3 is 20.7 Å². The fourth-order valence-corrected chi connectivity index (χ4v) is 3.40. The molecule has 0 aliphatic heterocycles. The number of nitrogens with zero attached hydrogens (tertiary/aromatic N) is 1. The quantitative estimate of drug-likeness (QED) is 0.306. The first-order valence-corrected chi connectivity index (χ1v) is 11.5. The smallest absolute Gasteiger partial charge is 0.457 e. The fourth-order valence-electron chi connectivity index (χ4n) is 3.00. The second-order valence-corrected chi connectivity index (χ2v) is 8.14. The Morgan fingerprint density at radius 1 is 1.12 bits per heavy atom. The number of hydrogen-bond acceptors (Lipinski definition) is 6. The third-order valence-electron chi connectivity index (χ3n) is 5.16. The molecular formula is C23H28N2O6P+. The molecule has 9 heteroatoms. The van der Waals surface area contributed by atoms with E-state index in [9.17, 15) is 14.2 Å². The molecule has 1 fully saturated rings.